The van der Waals surface area contributed by atoms with E-state index in [1.165, 1.54) is 0 Å². The average Bonchev–Trinajstić information content (AvgIpc) is 2.53. The summed E-state index contributed by atoms with van der Waals surface area (Å²) in [4.78, 5) is 11.0. The number of carbonyl (C=O) groups excluding carboxylic acids is 1. The first-order chi connectivity index (χ1) is 5.68. The van der Waals surface area contributed by atoms with E-state index in [0.717, 1.165) is 5.57 Å². The van der Waals surface area contributed by atoms with Crippen molar-refractivity contribution < 1.29 is 14.3 Å². The third-order valence-electron chi connectivity index (χ3n) is 2.14. The Balaban J connectivity index is 2.15. The summed E-state index contributed by atoms with van der Waals surface area (Å²) >= 11 is 0. The Labute approximate surface area is 70.7 Å². The Kier molecular flexibility index (Phi) is 1.46. The maximum absolute atomic E-state index is 11.0. The van der Waals surface area contributed by atoms with Gasteiger partial charge in [-0.2, -0.15) is 0 Å². The summed E-state index contributed by atoms with van der Waals surface area (Å²) in [6, 6.07) is 0. The second kappa shape index (κ2) is 2.37. The van der Waals surface area contributed by atoms with E-state index >= 15 is 0 Å². The highest BCUT2D eigenvalue weighted by atomic mass is 16.6. The summed E-state index contributed by atoms with van der Waals surface area (Å²) in [6.45, 7) is 5.99. The Morgan fingerprint density at radius 1 is 1.67 bits per heavy atom. The molecule has 2 aliphatic heterocycles. The van der Waals surface area contributed by atoms with Gasteiger partial charge in [0.2, 0.25) is 0 Å². The second-order valence-electron chi connectivity index (χ2n) is 3.13. The van der Waals surface area contributed by atoms with Crippen LogP contribution < -0.4 is 0 Å². The normalized spacial score (nSPS) is 26.8. The van der Waals surface area contributed by atoms with Crippen LogP contribution >= 0.6 is 0 Å². The van der Waals surface area contributed by atoms with Gasteiger partial charge in [0, 0.05) is 6.42 Å². The van der Waals surface area contributed by atoms with Gasteiger partial charge in [-0.3, -0.25) is 0 Å². The number of esters is 1. The van der Waals surface area contributed by atoms with Gasteiger partial charge in [-0.05, 0) is 12.5 Å². The molecule has 0 aliphatic carbocycles. The Morgan fingerprint density at radius 3 is 3.00 bits per heavy atom. The van der Waals surface area contributed by atoms with Crippen molar-refractivity contribution in [1.29, 1.82) is 0 Å². The molecule has 0 fully saturated rings. The second-order valence-corrected chi connectivity index (χ2v) is 3.13. The van der Waals surface area contributed by atoms with E-state index in [9.17, 15) is 4.79 Å². The van der Waals surface area contributed by atoms with E-state index in [1.807, 2.05) is 6.92 Å². The molecule has 2 heterocycles. The van der Waals surface area contributed by atoms with Crippen molar-refractivity contribution in [2.75, 3.05) is 6.61 Å². The lowest BCUT2D eigenvalue weighted by molar-refractivity contribution is -0.137. The maximum atomic E-state index is 11.0. The van der Waals surface area contributed by atoms with E-state index in [1.54, 1.807) is 0 Å². The molecule has 0 bridgehead atoms. The molecule has 2 rings (SSSR count). The van der Waals surface area contributed by atoms with Crippen molar-refractivity contribution in [3.05, 3.63) is 23.5 Å². The molecule has 12 heavy (non-hydrogen) atoms. The Hall–Kier alpha value is -1.25. The smallest absolute Gasteiger partial charge is 0.338 e. The highest BCUT2D eigenvalue weighted by Gasteiger charge is 2.36. The van der Waals surface area contributed by atoms with Crippen LogP contribution in [0.3, 0.4) is 0 Å². The van der Waals surface area contributed by atoms with E-state index < -0.39 is 0 Å². The van der Waals surface area contributed by atoms with E-state index in [-0.39, 0.29) is 12.1 Å². The minimum atomic E-state index is -0.228. The van der Waals surface area contributed by atoms with E-state index in [0.29, 0.717) is 24.4 Å². The molecule has 0 amide bonds. The summed E-state index contributed by atoms with van der Waals surface area (Å²) < 4.78 is 10.2. The first-order valence-electron chi connectivity index (χ1n) is 3.89. The number of rotatable bonds is 1. The molecule has 0 saturated heterocycles. The molecule has 0 aromatic rings. The summed E-state index contributed by atoms with van der Waals surface area (Å²) in [6.07, 6.45) is 0.617. The van der Waals surface area contributed by atoms with Crippen LogP contribution in [-0.4, -0.2) is 18.7 Å². The molecule has 1 atom stereocenters. The van der Waals surface area contributed by atoms with Crippen LogP contribution in [0.15, 0.2) is 23.5 Å². The number of cyclic esters (lactones) is 1. The fourth-order valence-electron chi connectivity index (χ4n) is 1.40. The third-order valence-corrected chi connectivity index (χ3v) is 2.14. The maximum Gasteiger partial charge on any atom is 0.338 e. The highest BCUT2D eigenvalue weighted by Crippen LogP contribution is 2.33. The zero-order chi connectivity index (χ0) is 8.72. The molecule has 0 spiro atoms. The molecule has 3 heteroatoms. The molecular weight excluding hydrogens is 156 g/mol. The molecular formula is C9H10O3. The lowest BCUT2D eigenvalue weighted by atomic mass is 10.1. The average molecular weight is 166 g/mol. The van der Waals surface area contributed by atoms with Crippen molar-refractivity contribution in [2.45, 2.75) is 19.4 Å². The molecule has 0 N–H and O–H groups in total. The SMILES string of the molecule is C=C(C)C1CC2=C(COC2=O)O1. The monoisotopic (exact) mass is 166 g/mol. The van der Waals surface area contributed by atoms with Crippen LogP contribution in [0.25, 0.3) is 0 Å². The topological polar surface area (TPSA) is 35.5 Å². The van der Waals surface area contributed by atoms with Crippen LogP contribution in [-0.2, 0) is 14.3 Å². The van der Waals surface area contributed by atoms with Gasteiger partial charge in [0.05, 0.1) is 5.57 Å². The number of carbonyl (C=O) groups is 1. The number of hydrogen-bond donors (Lipinski definition) is 0. The van der Waals surface area contributed by atoms with Crippen LogP contribution in [0.1, 0.15) is 13.3 Å². The summed E-state index contributed by atoms with van der Waals surface area (Å²) in [5.74, 6) is 0.474. The summed E-state index contributed by atoms with van der Waals surface area (Å²) in [7, 11) is 0. The largest absolute Gasteiger partial charge is 0.486 e. The van der Waals surface area contributed by atoms with Crippen molar-refractivity contribution in [1.82, 2.24) is 0 Å². The van der Waals surface area contributed by atoms with E-state index in [4.69, 9.17) is 9.47 Å². The van der Waals surface area contributed by atoms with E-state index in [2.05, 4.69) is 6.58 Å². The lowest BCUT2D eigenvalue weighted by Crippen LogP contribution is -2.12. The molecule has 0 radical (unpaired) electrons. The molecule has 1 unspecified atom stereocenters. The van der Waals surface area contributed by atoms with Gasteiger partial charge in [-0.25, -0.2) is 4.79 Å². The number of hydrogen-bond acceptors (Lipinski definition) is 3. The van der Waals surface area contributed by atoms with Crippen molar-refractivity contribution >= 4 is 5.97 Å². The fraction of sp³-hybridized carbons (Fsp3) is 0.444. The minimum absolute atomic E-state index is 0.0113. The molecule has 0 aromatic carbocycles. The lowest BCUT2D eigenvalue weighted by Gasteiger charge is -2.12. The molecule has 3 nitrogen and oxygen atoms in total. The zero-order valence-corrected chi connectivity index (χ0v) is 6.92. The first kappa shape index (κ1) is 7.40. The predicted molar refractivity (Wildman–Crippen MR) is 42.3 cm³/mol. The van der Waals surface area contributed by atoms with Crippen molar-refractivity contribution in [2.24, 2.45) is 0 Å². The van der Waals surface area contributed by atoms with Gasteiger partial charge in [0.15, 0.2) is 0 Å². The quantitative estimate of drug-likeness (QED) is 0.433. The van der Waals surface area contributed by atoms with Gasteiger partial charge in [-0.15, -0.1) is 0 Å². The first-order valence-corrected chi connectivity index (χ1v) is 3.89. The van der Waals surface area contributed by atoms with Gasteiger partial charge in [0.25, 0.3) is 0 Å². The molecule has 2 aliphatic rings. The van der Waals surface area contributed by atoms with Gasteiger partial charge < -0.3 is 9.47 Å². The molecule has 0 aromatic heterocycles. The van der Waals surface area contributed by atoms with Crippen LogP contribution in [0, 0.1) is 0 Å². The Morgan fingerprint density at radius 2 is 2.42 bits per heavy atom. The standard InChI is InChI=1S/C9H10O3/c1-5(2)7-3-6-8(12-7)4-11-9(6)10/h7H,1,3-4H2,2H3. The minimum Gasteiger partial charge on any atom is -0.486 e. The third kappa shape index (κ3) is 0.932. The Bertz CT molecular complexity index is 288. The van der Waals surface area contributed by atoms with Crippen LogP contribution in [0.4, 0.5) is 0 Å². The molecule has 64 valence electrons. The number of ether oxygens (including phenoxy) is 2. The highest BCUT2D eigenvalue weighted by molar-refractivity contribution is 5.92. The van der Waals surface area contributed by atoms with Gasteiger partial charge in [0.1, 0.15) is 18.5 Å². The van der Waals surface area contributed by atoms with Crippen LogP contribution in [0.2, 0.25) is 0 Å². The zero-order valence-electron chi connectivity index (χ0n) is 6.92. The summed E-state index contributed by atoms with van der Waals surface area (Å²) in [5, 5.41) is 0. The van der Waals surface area contributed by atoms with Crippen molar-refractivity contribution in [3.8, 4) is 0 Å². The van der Waals surface area contributed by atoms with Crippen LogP contribution in [0.5, 0.6) is 0 Å². The molecule has 0 saturated carbocycles. The fourth-order valence-corrected chi connectivity index (χ4v) is 1.40. The predicted octanol–water partition coefficient (Wildman–Crippen LogP) is 1.16. The van der Waals surface area contributed by atoms with Crippen molar-refractivity contribution in [3.63, 3.8) is 0 Å². The van der Waals surface area contributed by atoms with Gasteiger partial charge in [-0.1, -0.05) is 6.58 Å². The van der Waals surface area contributed by atoms with Gasteiger partial charge >= 0.3 is 5.97 Å². The summed E-state index contributed by atoms with van der Waals surface area (Å²) in [5.41, 5.74) is 1.65.